The molecule has 0 bridgehead atoms. The molecule has 23 heavy (non-hydrogen) atoms. The Morgan fingerprint density at radius 1 is 1.04 bits per heavy atom. The van der Waals surface area contributed by atoms with Gasteiger partial charge in [-0.15, -0.1) is 0 Å². The average molecular weight is 323 g/mol. The first kappa shape index (κ1) is 20.9. The van der Waals surface area contributed by atoms with Crippen LogP contribution in [0.15, 0.2) is 30.3 Å². The van der Waals surface area contributed by atoms with Gasteiger partial charge in [0.05, 0.1) is 6.61 Å². The zero-order valence-electron chi connectivity index (χ0n) is 13.2. The summed E-state index contributed by atoms with van der Waals surface area (Å²) in [7, 11) is 0. The van der Waals surface area contributed by atoms with Crippen LogP contribution in [-0.2, 0) is 21.0 Å². The van der Waals surface area contributed by atoms with E-state index in [-0.39, 0.29) is 13.0 Å². The minimum Gasteiger partial charge on any atom is -0.481 e. The number of aliphatic hydroxyl groups is 1. The van der Waals surface area contributed by atoms with Gasteiger partial charge < -0.3 is 25.5 Å². The Morgan fingerprint density at radius 3 is 1.91 bits per heavy atom. The summed E-state index contributed by atoms with van der Waals surface area (Å²) in [6.07, 6.45) is 3.23. The molecule has 0 heterocycles. The van der Waals surface area contributed by atoms with Gasteiger partial charge >= 0.3 is 5.97 Å². The molecule has 128 valence electrons. The van der Waals surface area contributed by atoms with Crippen LogP contribution in [0, 0.1) is 0 Å². The van der Waals surface area contributed by atoms with E-state index in [9.17, 15) is 14.4 Å². The molecule has 1 rings (SSSR count). The highest BCUT2D eigenvalue weighted by Crippen LogP contribution is 2.21. The Hall–Kier alpha value is -2.05. The number of aliphatic carboxylic acids is 1. The highest BCUT2D eigenvalue weighted by atomic mass is 16.4. The first-order valence-corrected chi connectivity index (χ1v) is 7.50. The molecule has 1 aromatic carbocycles. The van der Waals surface area contributed by atoms with E-state index in [4.69, 9.17) is 15.9 Å². The first-order valence-electron chi connectivity index (χ1n) is 7.50. The molecule has 1 aromatic rings. The summed E-state index contributed by atoms with van der Waals surface area (Å²) in [4.78, 5) is 30.8. The number of hydrogen-bond donors (Lipinski definition) is 3. The van der Waals surface area contributed by atoms with Gasteiger partial charge in [-0.1, -0.05) is 30.3 Å². The van der Waals surface area contributed by atoms with Crippen LogP contribution in [0.1, 0.15) is 44.1 Å². The van der Waals surface area contributed by atoms with E-state index < -0.39 is 11.5 Å². The lowest BCUT2D eigenvalue weighted by Crippen LogP contribution is -2.40. The monoisotopic (exact) mass is 323 g/mol. The summed E-state index contributed by atoms with van der Waals surface area (Å²) in [5.74, 6) is -0.915. The second-order valence-corrected chi connectivity index (χ2v) is 5.31. The van der Waals surface area contributed by atoms with Crippen molar-refractivity contribution in [2.24, 2.45) is 5.73 Å². The summed E-state index contributed by atoms with van der Waals surface area (Å²) in [6.45, 7) is 0.140. The zero-order chi connectivity index (χ0) is 17.6. The van der Waals surface area contributed by atoms with Crippen LogP contribution in [0.25, 0.3) is 0 Å². The average Bonchev–Trinajstić information content (AvgIpc) is 2.58. The van der Waals surface area contributed by atoms with Gasteiger partial charge in [0.1, 0.15) is 12.6 Å². The van der Waals surface area contributed by atoms with E-state index in [0.29, 0.717) is 32.1 Å². The summed E-state index contributed by atoms with van der Waals surface area (Å²) < 4.78 is 0. The Balaban J connectivity index is 0.000000502. The van der Waals surface area contributed by atoms with Crippen LogP contribution < -0.4 is 5.73 Å². The summed E-state index contributed by atoms with van der Waals surface area (Å²) in [5.41, 5.74) is 6.19. The van der Waals surface area contributed by atoms with Crippen molar-refractivity contribution in [1.29, 1.82) is 0 Å². The maximum Gasteiger partial charge on any atom is 0.303 e. The normalized spacial score (nSPS) is 10.3. The van der Waals surface area contributed by atoms with E-state index in [1.165, 1.54) is 0 Å². The summed E-state index contributed by atoms with van der Waals surface area (Å²) in [6, 6.07) is 9.52. The molecule has 0 saturated heterocycles. The number of carbonyl (C=O) groups is 3. The van der Waals surface area contributed by atoms with Gasteiger partial charge in [0, 0.05) is 24.8 Å². The quantitative estimate of drug-likeness (QED) is 0.564. The minimum atomic E-state index is -0.915. The lowest BCUT2D eigenvalue weighted by molar-refractivity contribution is -0.137. The number of nitrogens with two attached hydrogens (primary N) is 1. The van der Waals surface area contributed by atoms with Crippen LogP contribution in [0.3, 0.4) is 0 Å². The van der Waals surface area contributed by atoms with Crippen LogP contribution >= 0.6 is 0 Å². The molecule has 0 aliphatic rings. The summed E-state index contributed by atoms with van der Waals surface area (Å²) in [5, 5.41) is 17.1. The van der Waals surface area contributed by atoms with Gasteiger partial charge in [0.25, 0.3) is 0 Å². The maximum atomic E-state index is 10.4. The third-order valence-corrected chi connectivity index (χ3v) is 3.38. The molecule has 0 atom stereocenters. The number of aliphatic hydroxyl groups excluding tert-OH is 1. The molecule has 0 saturated carbocycles. The van der Waals surface area contributed by atoms with Crippen LogP contribution in [-0.4, -0.2) is 34.3 Å². The molecule has 6 heteroatoms. The Kier molecular flexibility index (Phi) is 11.4. The predicted molar refractivity (Wildman–Crippen MR) is 86.7 cm³/mol. The van der Waals surface area contributed by atoms with Crippen LogP contribution in [0.5, 0.6) is 0 Å². The summed E-state index contributed by atoms with van der Waals surface area (Å²) >= 11 is 0. The van der Waals surface area contributed by atoms with Crippen molar-refractivity contribution in [3.63, 3.8) is 0 Å². The van der Waals surface area contributed by atoms with Crippen molar-refractivity contribution in [1.82, 2.24) is 0 Å². The van der Waals surface area contributed by atoms with Crippen LogP contribution in [0.4, 0.5) is 0 Å². The highest BCUT2D eigenvalue weighted by molar-refractivity contribution is 5.66. The molecule has 0 aliphatic heterocycles. The Morgan fingerprint density at radius 2 is 1.57 bits per heavy atom. The first-order chi connectivity index (χ1) is 11.0. The molecule has 0 amide bonds. The molecular formula is C17H25NO5. The zero-order valence-corrected chi connectivity index (χ0v) is 13.2. The molecule has 4 N–H and O–H groups in total. The fourth-order valence-electron chi connectivity index (χ4n) is 2.01. The fraction of sp³-hybridized carbons (Fsp3) is 0.471. The van der Waals surface area contributed by atoms with Gasteiger partial charge in [-0.2, -0.15) is 0 Å². The number of carboxylic acids is 1. The number of carbonyl (C=O) groups excluding carboxylic acids is 2. The second-order valence-electron chi connectivity index (χ2n) is 5.31. The van der Waals surface area contributed by atoms with Crippen LogP contribution in [0.2, 0.25) is 0 Å². The standard InChI is InChI=1S/C10H17NO4.C7H8O/c11-10(4-1-7-12,5-2-8-13)6-3-9(14)15;8-6-7-4-2-1-3-5-7/h7-8H,1-6,11H2,(H,14,15);1-5,8H,6H2. The predicted octanol–water partition coefficient (Wildman–Crippen LogP) is 1.69. The molecule has 0 aliphatic carbocycles. The van der Waals surface area contributed by atoms with Gasteiger partial charge in [-0.05, 0) is 24.8 Å². The van der Waals surface area contributed by atoms with Crippen molar-refractivity contribution in [3.8, 4) is 0 Å². The smallest absolute Gasteiger partial charge is 0.303 e. The molecule has 0 spiro atoms. The molecule has 0 aromatic heterocycles. The van der Waals surface area contributed by atoms with Crippen molar-refractivity contribution in [2.45, 2.75) is 50.7 Å². The largest absolute Gasteiger partial charge is 0.481 e. The Labute approximate surface area is 136 Å². The lowest BCUT2D eigenvalue weighted by Gasteiger charge is -2.27. The fourth-order valence-corrected chi connectivity index (χ4v) is 2.01. The molecular weight excluding hydrogens is 298 g/mol. The van der Waals surface area contributed by atoms with Crippen molar-refractivity contribution < 1.29 is 24.6 Å². The molecule has 0 radical (unpaired) electrons. The number of rotatable bonds is 10. The highest BCUT2D eigenvalue weighted by Gasteiger charge is 2.24. The number of hydrogen-bond acceptors (Lipinski definition) is 5. The van der Waals surface area contributed by atoms with Gasteiger partial charge in [-0.3, -0.25) is 4.79 Å². The van der Waals surface area contributed by atoms with Crippen molar-refractivity contribution in [2.75, 3.05) is 0 Å². The van der Waals surface area contributed by atoms with E-state index in [2.05, 4.69) is 0 Å². The maximum absolute atomic E-state index is 10.4. The van der Waals surface area contributed by atoms with E-state index >= 15 is 0 Å². The van der Waals surface area contributed by atoms with Gasteiger partial charge in [0.2, 0.25) is 0 Å². The van der Waals surface area contributed by atoms with Crippen molar-refractivity contribution >= 4 is 18.5 Å². The third kappa shape index (κ3) is 11.2. The van der Waals surface area contributed by atoms with Gasteiger partial charge in [-0.25, -0.2) is 0 Å². The number of benzene rings is 1. The SMILES string of the molecule is NC(CCC=O)(CCC=O)CCC(=O)O.OCc1ccccc1. The third-order valence-electron chi connectivity index (χ3n) is 3.38. The van der Waals surface area contributed by atoms with Gasteiger partial charge in [0.15, 0.2) is 0 Å². The van der Waals surface area contributed by atoms with Crippen molar-refractivity contribution in [3.05, 3.63) is 35.9 Å². The van der Waals surface area contributed by atoms with E-state index in [1.54, 1.807) is 0 Å². The molecule has 0 unspecified atom stereocenters. The topological polar surface area (TPSA) is 118 Å². The molecule has 6 nitrogen and oxygen atoms in total. The van der Waals surface area contributed by atoms with E-state index in [1.807, 2.05) is 30.3 Å². The minimum absolute atomic E-state index is 0.0335. The number of carboxylic acid groups (broad SMARTS) is 1. The Bertz CT molecular complexity index is 449. The lowest BCUT2D eigenvalue weighted by atomic mass is 9.85. The number of aldehydes is 2. The molecule has 0 fully saturated rings. The second kappa shape index (κ2) is 12.5. The van der Waals surface area contributed by atoms with E-state index in [0.717, 1.165) is 18.1 Å².